The van der Waals surface area contributed by atoms with Gasteiger partial charge in [-0.3, -0.25) is 4.68 Å². The summed E-state index contributed by atoms with van der Waals surface area (Å²) in [6.45, 7) is 6.42. The number of aromatic nitrogens is 4. The first-order chi connectivity index (χ1) is 8.63. The molecule has 0 aliphatic heterocycles. The lowest BCUT2D eigenvalue weighted by Gasteiger charge is -2.10. The van der Waals surface area contributed by atoms with Crippen LogP contribution < -0.4 is 16.0 Å². The Kier molecular flexibility index (Phi) is 3.42. The predicted octanol–water partition coefficient (Wildman–Crippen LogP) is 1.39. The lowest BCUT2D eigenvalue weighted by Crippen LogP contribution is -2.12. The molecule has 18 heavy (non-hydrogen) atoms. The van der Waals surface area contributed by atoms with Crippen LogP contribution in [0.1, 0.15) is 18.3 Å². The molecule has 0 spiro atoms. The van der Waals surface area contributed by atoms with Crippen molar-refractivity contribution in [2.24, 2.45) is 5.84 Å². The smallest absolute Gasteiger partial charge is 0.227 e. The van der Waals surface area contributed by atoms with Gasteiger partial charge in [0.15, 0.2) is 5.75 Å². The Morgan fingerprint density at radius 1 is 1.39 bits per heavy atom. The Hall–Kier alpha value is -2.15. The first kappa shape index (κ1) is 12.3. The second-order valence-corrected chi connectivity index (χ2v) is 3.83. The van der Waals surface area contributed by atoms with E-state index >= 15 is 0 Å². The molecule has 0 aliphatic rings. The highest BCUT2D eigenvalue weighted by Crippen LogP contribution is 2.26. The Balaban J connectivity index is 2.30. The van der Waals surface area contributed by atoms with E-state index in [1.165, 1.54) is 0 Å². The van der Waals surface area contributed by atoms with Gasteiger partial charge in [0.05, 0.1) is 18.0 Å². The number of nitrogens with one attached hydrogen (secondary N) is 1. The van der Waals surface area contributed by atoms with Crippen molar-refractivity contribution in [2.75, 3.05) is 5.43 Å². The molecule has 96 valence electrons. The fourth-order valence-electron chi connectivity index (χ4n) is 1.52. The van der Waals surface area contributed by atoms with Gasteiger partial charge in [-0.15, -0.1) is 0 Å². The van der Waals surface area contributed by atoms with Crippen molar-refractivity contribution in [2.45, 2.75) is 27.3 Å². The Morgan fingerprint density at radius 2 is 2.17 bits per heavy atom. The van der Waals surface area contributed by atoms with Crippen molar-refractivity contribution in [1.29, 1.82) is 0 Å². The Bertz CT molecular complexity index is 550. The van der Waals surface area contributed by atoms with Crippen LogP contribution in [0.4, 0.5) is 5.82 Å². The molecular weight excluding hydrogens is 232 g/mol. The molecule has 3 N–H and O–H groups in total. The lowest BCUT2D eigenvalue weighted by molar-refractivity contribution is 0.455. The van der Waals surface area contributed by atoms with Crippen LogP contribution in [0.15, 0.2) is 12.4 Å². The van der Waals surface area contributed by atoms with E-state index in [4.69, 9.17) is 10.6 Å². The van der Waals surface area contributed by atoms with Gasteiger partial charge in [-0.1, -0.05) is 0 Å². The molecule has 0 fully saturated rings. The summed E-state index contributed by atoms with van der Waals surface area (Å²) in [5, 5.41) is 4.13. The molecule has 0 unspecified atom stereocenters. The topological polar surface area (TPSA) is 90.9 Å². The van der Waals surface area contributed by atoms with Crippen LogP contribution in [0.5, 0.6) is 11.6 Å². The van der Waals surface area contributed by atoms with Crippen molar-refractivity contribution in [1.82, 2.24) is 19.7 Å². The van der Waals surface area contributed by atoms with Crippen LogP contribution in [0.2, 0.25) is 0 Å². The zero-order chi connectivity index (χ0) is 13.1. The highest BCUT2D eigenvalue weighted by Gasteiger charge is 2.11. The van der Waals surface area contributed by atoms with Gasteiger partial charge in [0.25, 0.3) is 0 Å². The second kappa shape index (κ2) is 5.01. The summed E-state index contributed by atoms with van der Waals surface area (Å²) in [5.74, 6) is 7.66. The first-order valence-corrected chi connectivity index (χ1v) is 5.66. The van der Waals surface area contributed by atoms with Crippen molar-refractivity contribution in [3.05, 3.63) is 23.8 Å². The van der Waals surface area contributed by atoms with E-state index in [-0.39, 0.29) is 0 Å². The van der Waals surface area contributed by atoms with Gasteiger partial charge in [0.1, 0.15) is 11.6 Å². The molecule has 0 saturated heterocycles. The summed E-state index contributed by atoms with van der Waals surface area (Å²) >= 11 is 0. The van der Waals surface area contributed by atoms with E-state index in [2.05, 4.69) is 20.5 Å². The highest BCUT2D eigenvalue weighted by atomic mass is 16.5. The third-order valence-electron chi connectivity index (χ3n) is 2.50. The molecule has 0 aromatic carbocycles. The van der Waals surface area contributed by atoms with E-state index in [1.54, 1.807) is 17.8 Å². The zero-order valence-corrected chi connectivity index (χ0v) is 10.6. The van der Waals surface area contributed by atoms with E-state index in [0.29, 0.717) is 23.3 Å². The number of nitrogens with zero attached hydrogens (tertiary/aromatic N) is 4. The van der Waals surface area contributed by atoms with Gasteiger partial charge in [-0.2, -0.15) is 10.1 Å². The zero-order valence-electron chi connectivity index (χ0n) is 10.6. The van der Waals surface area contributed by atoms with Crippen molar-refractivity contribution >= 4 is 5.82 Å². The summed E-state index contributed by atoms with van der Waals surface area (Å²) in [7, 11) is 0. The third-order valence-corrected chi connectivity index (χ3v) is 2.50. The minimum Gasteiger partial charge on any atom is -0.435 e. The van der Waals surface area contributed by atoms with Crippen LogP contribution >= 0.6 is 0 Å². The number of nitrogen functional groups attached to an aromatic ring is 1. The Morgan fingerprint density at radius 3 is 2.78 bits per heavy atom. The van der Waals surface area contributed by atoms with Gasteiger partial charge < -0.3 is 10.2 Å². The minimum absolute atomic E-state index is 0.478. The van der Waals surface area contributed by atoms with E-state index < -0.39 is 0 Å². The molecule has 0 amide bonds. The molecular formula is C11H16N6O. The molecule has 0 saturated carbocycles. The minimum atomic E-state index is 0.478. The molecule has 0 radical (unpaired) electrons. The summed E-state index contributed by atoms with van der Waals surface area (Å²) in [6.07, 6.45) is 3.46. The summed E-state index contributed by atoms with van der Waals surface area (Å²) in [4.78, 5) is 8.41. The number of anilines is 1. The first-order valence-electron chi connectivity index (χ1n) is 5.66. The van der Waals surface area contributed by atoms with Crippen molar-refractivity contribution < 1.29 is 4.74 Å². The molecule has 7 nitrogen and oxygen atoms in total. The highest BCUT2D eigenvalue weighted by molar-refractivity contribution is 5.48. The quantitative estimate of drug-likeness (QED) is 0.627. The molecule has 2 aromatic rings. The molecule has 0 atom stereocenters. The van der Waals surface area contributed by atoms with Gasteiger partial charge in [0, 0.05) is 6.54 Å². The van der Waals surface area contributed by atoms with E-state index in [9.17, 15) is 0 Å². The maximum absolute atomic E-state index is 5.68. The average Bonchev–Trinajstić information content (AvgIpc) is 2.81. The number of ether oxygens (including phenoxy) is 1. The number of nitrogens with two attached hydrogens (primary N) is 1. The fourth-order valence-corrected chi connectivity index (χ4v) is 1.52. The second-order valence-electron chi connectivity index (χ2n) is 3.83. The summed E-state index contributed by atoms with van der Waals surface area (Å²) < 4.78 is 7.46. The number of hydrazine groups is 1. The van der Waals surface area contributed by atoms with Crippen molar-refractivity contribution in [3.8, 4) is 11.6 Å². The van der Waals surface area contributed by atoms with Gasteiger partial charge in [0.2, 0.25) is 5.88 Å². The molecule has 2 aromatic heterocycles. The maximum Gasteiger partial charge on any atom is 0.227 e. The summed E-state index contributed by atoms with van der Waals surface area (Å²) in [6, 6.07) is 0. The third kappa shape index (κ3) is 2.40. The lowest BCUT2D eigenvalue weighted by atomic mass is 10.3. The van der Waals surface area contributed by atoms with Gasteiger partial charge >= 0.3 is 0 Å². The largest absolute Gasteiger partial charge is 0.435 e. The molecule has 7 heteroatoms. The monoisotopic (exact) mass is 248 g/mol. The standard InChI is InChI=1S/C11H16N6O/c1-4-17-6-9(5-13-17)18-11-7(2)10(16-12)14-8(3)15-11/h5-6H,4,12H2,1-3H3,(H,14,15,16). The SMILES string of the molecule is CCn1cc(Oc2nc(C)nc(NN)c2C)cn1. The van der Waals surface area contributed by atoms with Crippen LogP contribution in [-0.2, 0) is 6.54 Å². The van der Waals surface area contributed by atoms with E-state index in [1.807, 2.05) is 20.0 Å². The fraction of sp³-hybridized carbons (Fsp3) is 0.364. The number of aryl methyl sites for hydroxylation is 2. The van der Waals surface area contributed by atoms with Crippen LogP contribution in [0, 0.1) is 13.8 Å². The number of hydrogen-bond donors (Lipinski definition) is 2. The maximum atomic E-state index is 5.68. The van der Waals surface area contributed by atoms with Crippen LogP contribution in [0.25, 0.3) is 0 Å². The van der Waals surface area contributed by atoms with Crippen LogP contribution in [0.3, 0.4) is 0 Å². The molecule has 0 bridgehead atoms. The molecule has 0 aliphatic carbocycles. The summed E-state index contributed by atoms with van der Waals surface area (Å²) in [5.41, 5.74) is 3.28. The molecule has 2 heterocycles. The van der Waals surface area contributed by atoms with Crippen LogP contribution in [-0.4, -0.2) is 19.7 Å². The normalized spacial score (nSPS) is 10.4. The average molecular weight is 248 g/mol. The number of rotatable bonds is 4. The predicted molar refractivity (Wildman–Crippen MR) is 67.3 cm³/mol. The Labute approximate surface area is 105 Å². The van der Waals surface area contributed by atoms with Gasteiger partial charge in [-0.25, -0.2) is 10.8 Å². The van der Waals surface area contributed by atoms with Crippen molar-refractivity contribution in [3.63, 3.8) is 0 Å². The van der Waals surface area contributed by atoms with Gasteiger partial charge in [-0.05, 0) is 20.8 Å². The molecule has 2 rings (SSSR count). The van der Waals surface area contributed by atoms with E-state index in [0.717, 1.165) is 12.1 Å². The number of hydrogen-bond acceptors (Lipinski definition) is 6.